The zero-order valence-corrected chi connectivity index (χ0v) is 8.22. The standard InChI is InChI=1S/C9H6F5N3/c10-8(11)5-1-4(2-15)7(9(12,13)14)17-6(5)3-16/h1,8H,2,15H2. The smallest absolute Gasteiger partial charge is 0.326 e. The second-order valence-electron chi connectivity index (χ2n) is 3.05. The van der Waals surface area contributed by atoms with Gasteiger partial charge in [-0.15, -0.1) is 0 Å². The van der Waals surface area contributed by atoms with Gasteiger partial charge in [0.05, 0.1) is 5.56 Å². The number of rotatable bonds is 2. The van der Waals surface area contributed by atoms with E-state index in [4.69, 9.17) is 11.0 Å². The maximum absolute atomic E-state index is 12.5. The van der Waals surface area contributed by atoms with E-state index in [1.54, 1.807) is 0 Å². The van der Waals surface area contributed by atoms with E-state index in [1.165, 1.54) is 6.07 Å². The summed E-state index contributed by atoms with van der Waals surface area (Å²) in [6.07, 6.45) is -7.91. The average Bonchev–Trinajstić information content (AvgIpc) is 2.25. The number of pyridine rings is 1. The molecule has 1 heterocycles. The Labute approximate surface area is 92.7 Å². The van der Waals surface area contributed by atoms with Gasteiger partial charge in [0.15, 0.2) is 0 Å². The monoisotopic (exact) mass is 251 g/mol. The highest BCUT2D eigenvalue weighted by Gasteiger charge is 2.36. The lowest BCUT2D eigenvalue weighted by Crippen LogP contribution is -2.16. The van der Waals surface area contributed by atoms with E-state index in [-0.39, 0.29) is 0 Å². The number of nitrogens with two attached hydrogens (primary N) is 1. The van der Waals surface area contributed by atoms with E-state index in [2.05, 4.69) is 4.98 Å². The summed E-state index contributed by atoms with van der Waals surface area (Å²) in [5, 5.41) is 8.48. The summed E-state index contributed by atoms with van der Waals surface area (Å²) >= 11 is 0. The quantitative estimate of drug-likeness (QED) is 0.820. The minimum atomic E-state index is -4.83. The molecule has 3 nitrogen and oxygen atoms in total. The van der Waals surface area contributed by atoms with Crippen molar-refractivity contribution in [2.24, 2.45) is 5.73 Å². The molecular weight excluding hydrogens is 245 g/mol. The van der Waals surface area contributed by atoms with Crippen molar-refractivity contribution in [3.8, 4) is 6.07 Å². The summed E-state index contributed by atoms with van der Waals surface area (Å²) in [4.78, 5) is 2.91. The molecule has 17 heavy (non-hydrogen) atoms. The molecule has 0 saturated heterocycles. The molecule has 0 aliphatic heterocycles. The van der Waals surface area contributed by atoms with Crippen LogP contribution in [-0.4, -0.2) is 4.98 Å². The lowest BCUT2D eigenvalue weighted by atomic mass is 10.1. The first kappa shape index (κ1) is 13.3. The van der Waals surface area contributed by atoms with Gasteiger partial charge in [-0.05, 0) is 11.6 Å². The first-order valence-corrected chi connectivity index (χ1v) is 4.30. The molecular formula is C9H6F5N3. The fourth-order valence-corrected chi connectivity index (χ4v) is 1.23. The summed E-state index contributed by atoms with van der Waals surface area (Å²) in [5.74, 6) is 0. The number of hydrogen-bond acceptors (Lipinski definition) is 3. The first-order valence-electron chi connectivity index (χ1n) is 4.30. The number of alkyl halides is 5. The number of nitrogens with zero attached hydrogens (tertiary/aromatic N) is 2. The first-order chi connectivity index (χ1) is 7.81. The van der Waals surface area contributed by atoms with Crippen molar-refractivity contribution in [1.82, 2.24) is 4.98 Å². The van der Waals surface area contributed by atoms with Gasteiger partial charge in [-0.2, -0.15) is 18.4 Å². The van der Waals surface area contributed by atoms with Gasteiger partial charge < -0.3 is 5.73 Å². The summed E-state index contributed by atoms with van der Waals surface area (Å²) in [6, 6.07) is 1.78. The van der Waals surface area contributed by atoms with Crippen LogP contribution in [0.1, 0.15) is 28.9 Å². The maximum Gasteiger partial charge on any atom is 0.433 e. The predicted molar refractivity (Wildman–Crippen MR) is 46.8 cm³/mol. The third kappa shape index (κ3) is 2.68. The molecule has 1 aromatic heterocycles. The maximum atomic E-state index is 12.5. The van der Waals surface area contributed by atoms with Crippen molar-refractivity contribution in [3.63, 3.8) is 0 Å². The van der Waals surface area contributed by atoms with Gasteiger partial charge >= 0.3 is 6.18 Å². The fraction of sp³-hybridized carbons (Fsp3) is 0.333. The molecule has 0 aliphatic carbocycles. The molecule has 0 aromatic carbocycles. The third-order valence-electron chi connectivity index (χ3n) is 1.96. The molecule has 0 bridgehead atoms. The second-order valence-corrected chi connectivity index (χ2v) is 3.05. The summed E-state index contributed by atoms with van der Waals surface area (Å²) in [6.45, 7) is -0.590. The van der Waals surface area contributed by atoms with E-state index in [9.17, 15) is 22.0 Å². The van der Waals surface area contributed by atoms with Gasteiger partial charge in [0, 0.05) is 6.54 Å². The average molecular weight is 251 g/mol. The SMILES string of the molecule is N#Cc1nc(C(F)(F)F)c(CN)cc1C(F)F. The molecule has 0 atom stereocenters. The second kappa shape index (κ2) is 4.63. The Hall–Kier alpha value is -1.75. The molecule has 0 unspecified atom stereocenters. The number of halogens is 5. The van der Waals surface area contributed by atoms with Crippen molar-refractivity contribution >= 4 is 0 Å². The highest BCUT2D eigenvalue weighted by molar-refractivity contribution is 5.38. The number of aromatic nitrogens is 1. The fourth-order valence-electron chi connectivity index (χ4n) is 1.23. The summed E-state index contributed by atoms with van der Waals surface area (Å²) in [7, 11) is 0. The zero-order valence-electron chi connectivity index (χ0n) is 8.22. The Morgan fingerprint density at radius 3 is 2.35 bits per heavy atom. The largest absolute Gasteiger partial charge is 0.433 e. The Balaban J connectivity index is 3.51. The Morgan fingerprint density at radius 1 is 1.41 bits per heavy atom. The van der Waals surface area contributed by atoms with Gasteiger partial charge in [0.2, 0.25) is 0 Å². The van der Waals surface area contributed by atoms with Crippen LogP contribution in [0.25, 0.3) is 0 Å². The molecule has 0 spiro atoms. The zero-order chi connectivity index (χ0) is 13.2. The molecule has 92 valence electrons. The van der Waals surface area contributed by atoms with Gasteiger partial charge in [0.1, 0.15) is 17.5 Å². The minimum Gasteiger partial charge on any atom is -0.326 e. The minimum absolute atomic E-state index is 0.563. The molecule has 1 rings (SSSR count). The Morgan fingerprint density at radius 2 is 2.00 bits per heavy atom. The third-order valence-corrected chi connectivity index (χ3v) is 1.96. The number of nitriles is 1. The van der Waals surface area contributed by atoms with Crippen LogP contribution in [0.4, 0.5) is 22.0 Å². The van der Waals surface area contributed by atoms with E-state index < -0.39 is 41.7 Å². The van der Waals surface area contributed by atoms with Crippen molar-refractivity contribution < 1.29 is 22.0 Å². The Kier molecular flexibility index (Phi) is 3.63. The molecule has 0 fully saturated rings. The highest BCUT2D eigenvalue weighted by Crippen LogP contribution is 2.33. The van der Waals surface area contributed by atoms with Crippen LogP contribution in [0.3, 0.4) is 0 Å². The predicted octanol–water partition coefficient (Wildman–Crippen LogP) is 2.37. The molecule has 2 N–H and O–H groups in total. The topological polar surface area (TPSA) is 62.7 Å². The number of hydrogen-bond donors (Lipinski definition) is 1. The molecule has 1 aromatic rings. The van der Waals surface area contributed by atoms with Crippen LogP contribution >= 0.6 is 0 Å². The van der Waals surface area contributed by atoms with Crippen LogP contribution < -0.4 is 5.73 Å². The van der Waals surface area contributed by atoms with Crippen LogP contribution in [0, 0.1) is 11.3 Å². The lowest BCUT2D eigenvalue weighted by molar-refractivity contribution is -0.141. The van der Waals surface area contributed by atoms with Crippen LogP contribution in [0.15, 0.2) is 6.07 Å². The van der Waals surface area contributed by atoms with Crippen molar-refractivity contribution in [2.75, 3.05) is 0 Å². The molecule has 0 saturated carbocycles. The molecule has 8 heteroatoms. The summed E-state index contributed by atoms with van der Waals surface area (Å²) in [5.41, 5.74) is 1.29. The van der Waals surface area contributed by atoms with E-state index >= 15 is 0 Å². The van der Waals surface area contributed by atoms with Gasteiger partial charge in [-0.25, -0.2) is 13.8 Å². The normalized spacial score (nSPS) is 11.6. The van der Waals surface area contributed by atoms with Gasteiger partial charge in [0.25, 0.3) is 6.43 Å². The lowest BCUT2D eigenvalue weighted by Gasteiger charge is -2.13. The van der Waals surface area contributed by atoms with Crippen LogP contribution in [0.2, 0.25) is 0 Å². The van der Waals surface area contributed by atoms with Gasteiger partial charge in [-0.1, -0.05) is 0 Å². The van der Waals surface area contributed by atoms with E-state index in [0.29, 0.717) is 6.07 Å². The highest BCUT2D eigenvalue weighted by atomic mass is 19.4. The molecule has 0 amide bonds. The van der Waals surface area contributed by atoms with Crippen molar-refractivity contribution in [1.29, 1.82) is 5.26 Å². The van der Waals surface area contributed by atoms with E-state index in [1.807, 2.05) is 0 Å². The van der Waals surface area contributed by atoms with Crippen molar-refractivity contribution in [2.45, 2.75) is 19.1 Å². The molecule has 0 radical (unpaired) electrons. The van der Waals surface area contributed by atoms with Crippen LogP contribution in [-0.2, 0) is 12.7 Å². The van der Waals surface area contributed by atoms with E-state index in [0.717, 1.165) is 0 Å². The summed E-state index contributed by atoms with van der Waals surface area (Å²) < 4.78 is 62.3. The van der Waals surface area contributed by atoms with Crippen molar-refractivity contribution in [3.05, 3.63) is 28.6 Å². The Bertz CT molecular complexity index is 461. The van der Waals surface area contributed by atoms with Gasteiger partial charge in [-0.3, -0.25) is 0 Å². The molecule has 0 aliphatic rings. The van der Waals surface area contributed by atoms with Crippen LogP contribution in [0.5, 0.6) is 0 Å².